The summed E-state index contributed by atoms with van der Waals surface area (Å²) in [5.74, 6) is 0.278. The van der Waals surface area contributed by atoms with Crippen molar-refractivity contribution >= 4 is 23.2 Å². The first kappa shape index (κ1) is 21.4. The summed E-state index contributed by atoms with van der Waals surface area (Å²) in [6.45, 7) is 3.88. The van der Waals surface area contributed by atoms with Crippen molar-refractivity contribution in [2.75, 3.05) is 20.8 Å². The molecule has 0 fully saturated rings. The van der Waals surface area contributed by atoms with Gasteiger partial charge in [0, 0.05) is 17.9 Å². The molecular weight excluding hydrogens is 404 g/mol. The minimum absolute atomic E-state index is 0.280. The molecule has 0 atom stereocenters. The van der Waals surface area contributed by atoms with Crippen molar-refractivity contribution < 1.29 is 23.8 Å². The number of benzene rings is 1. The molecule has 3 rings (SSSR count). The van der Waals surface area contributed by atoms with Gasteiger partial charge in [-0.25, -0.2) is 4.79 Å². The number of methoxy groups -OCH3 is 2. The average molecular weight is 429 g/mol. The van der Waals surface area contributed by atoms with Crippen molar-refractivity contribution in [2.24, 2.45) is 0 Å². The first-order chi connectivity index (χ1) is 14.4. The fourth-order valence-corrected chi connectivity index (χ4v) is 4.07. The van der Waals surface area contributed by atoms with E-state index in [0.717, 1.165) is 22.0 Å². The molecule has 0 unspecified atom stereocenters. The summed E-state index contributed by atoms with van der Waals surface area (Å²) in [4.78, 5) is 24.7. The molecule has 158 valence electrons. The molecule has 30 heavy (non-hydrogen) atoms. The molecule has 8 heteroatoms. The van der Waals surface area contributed by atoms with E-state index >= 15 is 0 Å². The Bertz CT molecular complexity index is 1030. The number of thiophene rings is 1. The number of amides is 1. The van der Waals surface area contributed by atoms with Crippen LogP contribution in [-0.4, -0.2) is 37.3 Å². The van der Waals surface area contributed by atoms with E-state index < -0.39 is 5.97 Å². The minimum atomic E-state index is -0.528. The number of nitrogens with one attached hydrogen (secondary N) is 1. The Morgan fingerprint density at radius 2 is 1.70 bits per heavy atom. The largest absolute Gasteiger partial charge is 0.493 e. The SMILES string of the molecule is COc1ccc(CNC(=O)COC(=O)c2ccsc2-n2c(C)ccc2C)cc1OC. The number of carbonyl (C=O) groups excluding carboxylic acids is 2. The molecule has 1 N–H and O–H groups in total. The first-order valence-electron chi connectivity index (χ1n) is 9.32. The molecule has 7 nitrogen and oxygen atoms in total. The maximum Gasteiger partial charge on any atom is 0.341 e. The zero-order valence-electron chi connectivity index (χ0n) is 17.4. The van der Waals surface area contributed by atoms with Crippen LogP contribution in [-0.2, 0) is 16.1 Å². The molecule has 0 aliphatic carbocycles. The lowest BCUT2D eigenvalue weighted by molar-refractivity contribution is -0.124. The molecule has 0 saturated heterocycles. The number of hydrogen-bond acceptors (Lipinski definition) is 6. The Balaban J connectivity index is 1.57. The van der Waals surface area contributed by atoms with Gasteiger partial charge in [0.1, 0.15) is 5.00 Å². The number of hydrogen-bond donors (Lipinski definition) is 1. The number of carbonyl (C=O) groups is 2. The molecule has 1 amide bonds. The number of rotatable bonds is 8. The minimum Gasteiger partial charge on any atom is -0.493 e. The van der Waals surface area contributed by atoms with E-state index in [9.17, 15) is 9.59 Å². The summed E-state index contributed by atoms with van der Waals surface area (Å²) in [6, 6.07) is 11.1. The highest BCUT2D eigenvalue weighted by atomic mass is 32.1. The summed E-state index contributed by atoms with van der Waals surface area (Å²) in [5, 5.41) is 5.35. The summed E-state index contributed by atoms with van der Waals surface area (Å²) in [7, 11) is 3.11. The molecule has 3 aromatic rings. The fraction of sp³-hybridized carbons (Fsp3) is 0.273. The summed E-state index contributed by atoms with van der Waals surface area (Å²) in [6.07, 6.45) is 0. The van der Waals surface area contributed by atoms with Gasteiger partial charge in [-0.15, -0.1) is 11.3 Å². The van der Waals surface area contributed by atoms with E-state index in [2.05, 4.69) is 5.32 Å². The normalized spacial score (nSPS) is 10.5. The molecule has 0 spiro atoms. The number of nitrogens with zero attached hydrogens (tertiary/aromatic N) is 1. The Morgan fingerprint density at radius 1 is 1.00 bits per heavy atom. The third kappa shape index (κ3) is 4.65. The van der Waals surface area contributed by atoms with Crippen molar-refractivity contribution in [3.63, 3.8) is 0 Å². The van der Waals surface area contributed by atoms with Crippen LogP contribution in [0.5, 0.6) is 11.5 Å². The molecular formula is C22H24N2O5S. The number of aromatic nitrogens is 1. The maximum atomic E-state index is 12.5. The summed E-state index contributed by atoms with van der Waals surface area (Å²) >= 11 is 1.45. The molecule has 2 heterocycles. The van der Waals surface area contributed by atoms with E-state index in [1.807, 2.05) is 42.0 Å². The van der Waals surface area contributed by atoms with Gasteiger partial charge in [-0.2, -0.15) is 0 Å². The van der Waals surface area contributed by atoms with Crippen LogP contribution in [0.25, 0.3) is 5.00 Å². The predicted molar refractivity (Wildman–Crippen MR) is 115 cm³/mol. The smallest absolute Gasteiger partial charge is 0.341 e. The van der Waals surface area contributed by atoms with E-state index in [-0.39, 0.29) is 19.1 Å². The summed E-state index contributed by atoms with van der Waals surface area (Å²) in [5.41, 5.74) is 3.33. The lowest BCUT2D eigenvalue weighted by Crippen LogP contribution is -2.28. The van der Waals surface area contributed by atoms with Crippen molar-refractivity contribution in [1.82, 2.24) is 9.88 Å². The van der Waals surface area contributed by atoms with E-state index in [0.29, 0.717) is 17.1 Å². The van der Waals surface area contributed by atoms with Crippen LogP contribution in [0.2, 0.25) is 0 Å². The Labute approximate surface area is 179 Å². The molecule has 1 aromatic carbocycles. The summed E-state index contributed by atoms with van der Waals surface area (Å²) < 4.78 is 17.7. The highest BCUT2D eigenvalue weighted by Gasteiger charge is 2.19. The van der Waals surface area contributed by atoms with Gasteiger partial charge in [0.2, 0.25) is 0 Å². The van der Waals surface area contributed by atoms with Crippen LogP contribution in [0.1, 0.15) is 27.3 Å². The second kappa shape index (κ2) is 9.49. The third-order valence-electron chi connectivity index (χ3n) is 4.61. The van der Waals surface area contributed by atoms with Crippen LogP contribution in [0.15, 0.2) is 41.8 Å². The zero-order chi connectivity index (χ0) is 21.7. The van der Waals surface area contributed by atoms with Gasteiger partial charge in [0.25, 0.3) is 5.91 Å². The molecule has 0 saturated carbocycles. The maximum absolute atomic E-state index is 12.5. The lowest BCUT2D eigenvalue weighted by Gasteiger charge is -2.11. The average Bonchev–Trinajstić information content (AvgIpc) is 3.35. The quantitative estimate of drug-likeness (QED) is 0.554. The Hall–Kier alpha value is -3.26. The molecule has 0 aliphatic rings. The monoisotopic (exact) mass is 428 g/mol. The predicted octanol–water partition coefficient (Wildman–Crippen LogP) is 3.65. The van der Waals surface area contributed by atoms with E-state index in [1.165, 1.54) is 11.3 Å². The van der Waals surface area contributed by atoms with Gasteiger partial charge in [0.15, 0.2) is 18.1 Å². The fourth-order valence-electron chi connectivity index (χ4n) is 3.07. The van der Waals surface area contributed by atoms with Gasteiger partial charge < -0.3 is 24.1 Å². The second-order valence-electron chi connectivity index (χ2n) is 6.63. The standard InChI is InChI=1S/C22H24N2O5S/c1-14-5-6-15(2)24(14)21-17(9-10-30-21)22(26)29-13-20(25)23-12-16-7-8-18(27-3)19(11-16)28-4/h5-11H,12-13H2,1-4H3,(H,23,25). The van der Waals surface area contributed by atoms with Crippen molar-refractivity contribution in [2.45, 2.75) is 20.4 Å². The second-order valence-corrected chi connectivity index (χ2v) is 7.53. The van der Waals surface area contributed by atoms with Gasteiger partial charge in [-0.05, 0) is 55.1 Å². The van der Waals surface area contributed by atoms with Crippen molar-refractivity contribution in [1.29, 1.82) is 0 Å². The van der Waals surface area contributed by atoms with Crippen LogP contribution in [0, 0.1) is 13.8 Å². The molecule has 0 bridgehead atoms. The van der Waals surface area contributed by atoms with Gasteiger partial charge >= 0.3 is 5.97 Å². The van der Waals surface area contributed by atoms with Crippen LogP contribution in [0.4, 0.5) is 0 Å². The zero-order valence-corrected chi connectivity index (χ0v) is 18.2. The lowest BCUT2D eigenvalue weighted by atomic mass is 10.2. The van der Waals surface area contributed by atoms with Gasteiger partial charge in [0.05, 0.1) is 19.8 Å². The number of aryl methyl sites for hydroxylation is 2. The van der Waals surface area contributed by atoms with Crippen molar-refractivity contribution in [3.8, 4) is 16.5 Å². The van der Waals surface area contributed by atoms with Crippen LogP contribution < -0.4 is 14.8 Å². The number of esters is 1. The van der Waals surface area contributed by atoms with Crippen LogP contribution in [0.3, 0.4) is 0 Å². The van der Waals surface area contributed by atoms with Gasteiger partial charge in [-0.3, -0.25) is 4.79 Å². The van der Waals surface area contributed by atoms with E-state index in [4.69, 9.17) is 14.2 Å². The Kier molecular flexibility index (Phi) is 6.79. The third-order valence-corrected chi connectivity index (χ3v) is 5.51. The van der Waals surface area contributed by atoms with Crippen LogP contribution >= 0.6 is 11.3 Å². The molecule has 0 aliphatic heterocycles. The van der Waals surface area contributed by atoms with E-state index in [1.54, 1.807) is 32.4 Å². The highest BCUT2D eigenvalue weighted by molar-refractivity contribution is 7.13. The van der Waals surface area contributed by atoms with Crippen molar-refractivity contribution in [3.05, 3.63) is 64.3 Å². The Morgan fingerprint density at radius 3 is 2.37 bits per heavy atom. The number of ether oxygens (including phenoxy) is 3. The first-order valence-corrected chi connectivity index (χ1v) is 10.2. The molecule has 0 radical (unpaired) electrons. The molecule has 2 aromatic heterocycles. The topological polar surface area (TPSA) is 78.8 Å². The van der Waals surface area contributed by atoms with Gasteiger partial charge in [-0.1, -0.05) is 6.07 Å². The highest BCUT2D eigenvalue weighted by Crippen LogP contribution is 2.28.